The van der Waals surface area contributed by atoms with E-state index in [0.717, 1.165) is 18.1 Å². The first-order valence-electron chi connectivity index (χ1n) is 8.41. The van der Waals surface area contributed by atoms with Gasteiger partial charge in [0.2, 0.25) is 0 Å². The first-order chi connectivity index (χ1) is 9.33. The molecule has 19 heavy (non-hydrogen) atoms. The molecule has 0 aromatic rings. The highest BCUT2D eigenvalue weighted by atomic mass is 32.2. The lowest BCUT2D eigenvalue weighted by Gasteiger charge is -2.19. The summed E-state index contributed by atoms with van der Waals surface area (Å²) in [5.41, 5.74) is 0. The molecule has 0 spiro atoms. The molecule has 0 aromatic heterocycles. The number of hydrogen-bond acceptors (Lipinski definition) is 2. The standard InChI is InChI=1S/C16H33NOS/c1-2-19(18)15-14-17-16-12-10-8-6-4-3-5-7-9-11-13-16/h16-17H,2-15H2,1H3. The Morgan fingerprint density at radius 2 is 1.37 bits per heavy atom. The molecule has 114 valence electrons. The summed E-state index contributed by atoms with van der Waals surface area (Å²) in [6, 6.07) is 0.674. The fraction of sp³-hybridized carbons (Fsp3) is 1.00. The van der Waals surface area contributed by atoms with Crippen LogP contribution in [0.25, 0.3) is 0 Å². The Morgan fingerprint density at radius 3 is 1.84 bits per heavy atom. The average molecular weight is 288 g/mol. The molecule has 1 saturated carbocycles. The zero-order valence-corrected chi connectivity index (χ0v) is 13.6. The zero-order valence-electron chi connectivity index (χ0n) is 12.8. The molecule has 0 aliphatic heterocycles. The van der Waals surface area contributed by atoms with Gasteiger partial charge < -0.3 is 5.32 Å². The zero-order chi connectivity index (χ0) is 13.8. The number of rotatable bonds is 5. The van der Waals surface area contributed by atoms with Crippen LogP contribution in [0.2, 0.25) is 0 Å². The summed E-state index contributed by atoms with van der Waals surface area (Å²) in [4.78, 5) is 0. The minimum Gasteiger partial charge on any atom is -0.313 e. The highest BCUT2D eigenvalue weighted by Crippen LogP contribution is 2.16. The summed E-state index contributed by atoms with van der Waals surface area (Å²) in [5, 5.41) is 3.65. The fourth-order valence-corrected chi connectivity index (χ4v) is 3.52. The van der Waals surface area contributed by atoms with Crippen LogP contribution in [0, 0.1) is 0 Å². The van der Waals surface area contributed by atoms with E-state index in [9.17, 15) is 4.21 Å². The van der Waals surface area contributed by atoms with Crippen molar-refractivity contribution in [3.63, 3.8) is 0 Å². The lowest BCUT2D eigenvalue weighted by atomic mass is 9.98. The Morgan fingerprint density at radius 1 is 0.895 bits per heavy atom. The molecular formula is C16H33NOS. The van der Waals surface area contributed by atoms with E-state index >= 15 is 0 Å². The van der Waals surface area contributed by atoms with E-state index < -0.39 is 10.8 Å². The van der Waals surface area contributed by atoms with Crippen molar-refractivity contribution in [3.8, 4) is 0 Å². The topological polar surface area (TPSA) is 29.1 Å². The maximum Gasteiger partial charge on any atom is 0.0360 e. The van der Waals surface area contributed by atoms with Crippen LogP contribution in [0.1, 0.15) is 77.6 Å². The van der Waals surface area contributed by atoms with E-state index in [4.69, 9.17) is 0 Å². The molecule has 0 bridgehead atoms. The van der Waals surface area contributed by atoms with Crippen LogP contribution in [0.5, 0.6) is 0 Å². The van der Waals surface area contributed by atoms with Gasteiger partial charge in [0.25, 0.3) is 0 Å². The third-order valence-corrected chi connectivity index (χ3v) is 5.49. The number of nitrogens with one attached hydrogen (secondary N) is 1. The average Bonchev–Trinajstić information content (AvgIpc) is 2.41. The normalized spacial score (nSPS) is 22.4. The third kappa shape index (κ3) is 9.61. The Hall–Kier alpha value is 0.110. The van der Waals surface area contributed by atoms with Crippen molar-refractivity contribution in [1.82, 2.24) is 5.32 Å². The quantitative estimate of drug-likeness (QED) is 0.827. The van der Waals surface area contributed by atoms with Gasteiger partial charge in [-0.15, -0.1) is 0 Å². The van der Waals surface area contributed by atoms with Crippen LogP contribution in [0.3, 0.4) is 0 Å². The molecule has 1 atom stereocenters. The predicted octanol–water partition coefficient (Wildman–Crippen LogP) is 4.02. The van der Waals surface area contributed by atoms with Gasteiger partial charge in [0.05, 0.1) is 0 Å². The fourth-order valence-electron chi connectivity index (χ4n) is 2.89. The summed E-state index contributed by atoms with van der Waals surface area (Å²) < 4.78 is 11.4. The van der Waals surface area contributed by atoms with Gasteiger partial charge in [-0.2, -0.15) is 0 Å². The lowest BCUT2D eigenvalue weighted by Crippen LogP contribution is -2.32. The summed E-state index contributed by atoms with van der Waals surface area (Å²) in [6.07, 6.45) is 15.4. The molecular weight excluding hydrogens is 254 g/mol. The Bertz CT molecular complexity index is 221. The highest BCUT2D eigenvalue weighted by molar-refractivity contribution is 7.84. The number of hydrogen-bond donors (Lipinski definition) is 1. The second-order valence-corrected chi connectivity index (χ2v) is 7.71. The highest BCUT2D eigenvalue weighted by Gasteiger charge is 2.09. The van der Waals surface area contributed by atoms with Crippen molar-refractivity contribution in [2.75, 3.05) is 18.1 Å². The van der Waals surface area contributed by atoms with Crippen molar-refractivity contribution in [2.45, 2.75) is 83.6 Å². The lowest BCUT2D eigenvalue weighted by molar-refractivity contribution is 0.411. The largest absolute Gasteiger partial charge is 0.313 e. The van der Waals surface area contributed by atoms with Crippen LogP contribution >= 0.6 is 0 Å². The molecule has 0 heterocycles. The van der Waals surface area contributed by atoms with Crippen molar-refractivity contribution in [2.24, 2.45) is 0 Å². The van der Waals surface area contributed by atoms with E-state index in [2.05, 4.69) is 5.32 Å². The first kappa shape index (κ1) is 17.2. The molecule has 3 heteroatoms. The van der Waals surface area contributed by atoms with Crippen LogP contribution in [-0.4, -0.2) is 28.3 Å². The van der Waals surface area contributed by atoms with Crippen LogP contribution in [0.15, 0.2) is 0 Å². The van der Waals surface area contributed by atoms with Gasteiger partial charge in [0, 0.05) is 34.9 Å². The second-order valence-electron chi connectivity index (χ2n) is 5.84. The molecule has 1 rings (SSSR count). The molecule has 0 radical (unpaired) electrons. The van der Waals surface area contributed by atoms with Crippen molar-refractivity contribution >= 4 is 10.8 Å². The van der Waals surface area contributed by atoms with E-state index in [1.54, 1.807) is 0 Å². The van der Waals surface area contributed by atoms with E-state index in [-0.39, 0.29) is 0 Å². The van der Waals surface area contributed by atoms with E-state index in [1.165, 1.54) is 70.6 Å². The van der Waals surface area contributed by atoms with Gasteiger partial charge in [-0.25, -0.2) is 0 Å². The predicted molar refractivity (Wildman–Crippen MR) is 86.1 cm³/mol. The Labute approximate surface area is 122 Å². The van der Waals surface area contributed by atoms with E-state index in [0.29, 0.717) is 6.04 Å². The van der Waals surface area contributed by atoms with Crippen molar-refractivity contribution < 1.29 is 4.21 Å². The monoisotopic (exact) mass is 287 g/mol. The Kier molecular flexibility index (Phi) is 10.7. The maximum atomic E-state index is 11.4. The summed E-state index contributed by atoms with van der Waals surface area (Å²) in [5.74, 6) is 1.62. The van der Waals surface area contributed by atoms with Gasteiger partial charge >= 0.3 is 0 Å². The molecule has 0 aromatic carbocycles. The molecule has 1 fully saturated rings. The molecule has 2 nitrogen and oxygen atoms in total. The van der Waals surface area contributed by atoms with Crippen LogP contribution in [0.4, 0.5) is 0 Å². The first-order valence-corrected chi connectivity index (χ1v) is 9.90. The van der Waals surface area contributed by atoms with Gasteiger partial charge in [-0.3, -0.25) is 4.21 Å². The molecule has 0 saturated heterocycles. The third-order valence-electron chi connectivity index (χ3n) is 4.19. The molecule has 1 aliphatic rings. The molecule has 1 unspecified atom stereocenters. The Balaban J connectivity index is 2.20. The minimum absolute atomic E-state index is 0.613. The van der Waals surface area contributed by atoms with Crippen molar-refractivity contribution in [1.29, 1.82) is 0 Å². The molecule has 0 amide bonds. The molecule has 1 aliphatic carbocycles. The maximum absolute atomic E-state index is 11.4. The van der Waals surface area contributed by atoms with Gasteiger partial charge in [-0.1, -0.05) is 64.7 Å². The summed E-state index contributed by atoms with van der Waals surface area (Å²) in [7, 11) is -0.613. The van der Waals surface area contributed by atoms with Crippen molar-refractivity contribution in [3.05, 3.63) is 0 Å². The van der Waals surface area contributed by atoms with E-state index in [1.807, 2.05) is 6.92 Å². The smallest absolute Gasteiger partial charge is 0.0360 e. The summed E-state index contributed by atoms with van der Waals surface area (Å²) >= 11 is 0. The van der Waals surface area contributed by atoms with Gasteiger partial charge in [0.15, 0.2) is 0 Å². The second kappa shape index (κ2) is 11.9. The van der Waals surface area contributed by atoms with Crippen LogP contribution in [-0.2, 0) is 10.8 Å². The van der Waals surface area contributed by atoms with Gasteiger partial charge in [0.1, 0.15) is 0 Å². The van der Waals surface area contributed by atoms with Gasteiger partial charge in [-0.05, 0) is 12.8 Å². The van der Waals surface area contributed by atoms with Crippen LogP contribution < -0.4 is 5.32 Å². The SMILES string of the molecule is CCS(=O)CCNC1CCCCCCCCCCC1. The minimum atomic E-state index is -0.613. The summed E-state index contributed by atoms with van der Waals surface area (Å²) in [6.45, 7) is 2.94. The molecule has 1 N–H and O–H groups in total.